The molecule has 1 amide bonds. The lowest BCUT2D eigenvalue weighted by atomic mass is 9.76. The Morgan fingerprint density at radius 3 is 3.17 bits per heavy atom. The lowest BCUT2D eigenvalue weighted by Crippen LogP contribution is -2.54. The van der Waals surface area contributed by atoms with Crippen molar-refractivity contribution in [2.75, 3.05) is 6.54 Å². The van der Waals surface area contributed by atoms with Gasteiger partial charge in [-0.25, -0.2) is 4.98 Å². The molecular weight excluding hydrogens is 294 g/mol. The molecule has 3 fully saturated rings. The second kappa shape index (κ2) is 4.79. The Balaban J connectivity index is 1.23. The fraction of sp³-hybridized carbons (Fsp3) is 0.529. The van der Waals surface area contributed by atoms with E-state index in [4.69, 9.17) is 9.47 Å². The molecule has 1 atom stereocenters. The highest BCUT2D eigenvalue weighted by molar-refractivity contribution is 5.88. The Kier molecular flexibility index (Phi) is 2.81. The highest BCUT2D eigenvalue weighted by Crippen LogP contribution is 2.47. The van der Waals surface area contributed by atoms with E-state index in [-0.39, 0.29) is 18.2 Å². The van der Waals surface area contributed by atoms with Gasteiger partial charge in [-0.05, 0) is 25.0 Å². The predicted octanol–water partition coefficient (Wildman–Crippen LogP) is 1.73. The standard InChI is InChI=1S/C17H19N3O3/c21-16-17(23-15-5-2-7-20(15)16)9-13(10-17)22-11-12-3-1-4-14-18-6-8-19(12)14/h1,3-4,6,8,13,15H,2,5,7,9-11H2. The Morgan fingerprint density at radius 2 is 2.30 bits per heavy atom. The molecule has 2 aromatic rings. The second-order valence-electron chi connectivity index (χ2n) is 6.72. The van der Waals surface area contributed by atoms with Gasteiger partial charge in [0.15, 0.2) is 5.60 Å². The number of imidazole rings is 1. The van der Waals surface area contributed by atoms with Crippen molar-refractivity contribution in [3.05, 3.63) is 36.3 Å². The van der Waals surface area contributed by atoms with Gasteiger partial charge in [-0.1, -0.05) is 6.07 Å². The zero-order valence-electron chi connectivity index (χ0n) is 12.9. The van der Waals surface area contributed by atoms with Crippen LogP contribution in [0.5, 0.6) is 0 Å². The molecular formula is C17H19N3O3. The lowest BCUT2D eigenvalue weighted by Gasteiger charge is -2.41. The molecule has 0 radical (unpaired) electrons. The first-order valence-corrected chi connectivity index (χ1v) is 8.27. The number of carbonyl (C=O) groups is 1. The summed E-state index contributed by atoms with van der Waals surface area (Å²) in [5, 5.41) is 0. The van der Waals surface area contributed by atoms with Crippen molar-refractivity contribution in [1.29, 1.82) is 0 Å². The highest BCUT2D eigenvalue weighted by Gasteiger charge is 2.61. The third-order valence-corrected chi connectivity index (χ3v) is 5.30. The molecule has 0 bridgehead atoms. The predicted molar refractivity (Wildman–Crippen MR) is 81.6 cm³/mol. The van der Waals surface area contributed by atoms with Crippen molar-refractivity contribution >= 4 is 11.6 Å². The van der Waals surface area contributed by atoms with Gasteiger partial charge in [-0.3, -0.25) is 4.79 Å². The first-order valence-electron chi connectivity index (χ1n) is 8.27. The number of carbonyl (C=O) groups excluding carboxylic acids is 1. The molecule has 23 heavy (non-hydrogen) atoms. The Morgan fingerprint density at radius 1 is 1.39 bits per heavy atom. The van der Waals surface area contributed by atoms with E-state index in [0.29, 0.717) is 19.4 Å². The van der Waals surface area contributed by atoms with Gasteiger partial charge >= 0.3 is 0 Å². The number of ether oxygens (including phenoxy) is 2. The molecule has 1 spiro atoms. The third kappa shape index (κ3) is 1.95. The number of hydrogen-bond donors (Lipinski definition) is 0. The van der Waals surface area contributed by atoms with Gasteiger partial charge in [0.05, 0.1) is 12.7 Å². The van der Waals surface area contributed by atoms with Crippen LogP contribution in [-0.2, 0) is 20.9 Å². The van der Waals surface area contributed by atoms with Crippen LogP contribution in [0.15, 0.2) is 30.6 Å². The minimum absolute atomic E-state index is 0.0168. The topological polar surface area (TPSA) is 56.1 Å². The zero-order valence-corrected chi connectivity index (χ0v) is 12.9. The number of amides is 1. The average molecular weight is 313 g/mol. The maximum absolute atomic E-state index is 12.5. The molecule has 1 saturated carbocycles. The molecule has 6 nitrogen and oxygen atoms in total. The molecule has 0 N–H and O–H groups in total. The molecule has 4 heterocycles. The minimum atomic E-state index is -0.587. The summed E-state index contributed by atoms with van der Waals surface area (Å²) < 4.78 is 14.1. The van der Waals surface area contributed by atoms with E-state index in [1.54, 1.807) is 6.20 Å². The molecule has 0 aromatic carbocycles. The van der Waals surface area contributed by atoms with Crippen molar-refractivity contribution in [3.63, 3.8) is 0 Å². The summed E-state index contributed by atoms with van der Waals surface area (Å²) in [5.74, 6) is 0.177. The molecule has 3 aliphatic rings. The van der Waals surface area contributed by atoms with Gasteiger partial charge < -0.3 is 18.8 Å². The summed E-state index contributed by atoms with van der Waals surface area (Å²) in [5.41, 5.74) is 1.41. The number of pyridine rings is 1. The van der Waals surface area contributed by atoms with Crippen LogP contribution in [0.1, 0.15) is 31.4 Å². The fourth-order valence-electron chi connectivity index (χ4n) is 4.06. The summed E-state index contributed by atoms with van der Waals surface area (Å²) in [7, 11) is 0. The van der Waals surface area contributed by atoms with Gasteiger partial charge in [0.1, 0.15) is 11.9 Å². The Hall–Kier alpha value is -1.92. The van der Waals surface area contributed by atoms with Crippen LogP contribution in [0.2, 0.25) is 0 Å². The maximum atomic E-state index is 12.5. The second-order valence-corrected chi connectivity index (χ2v) is 6.72. The quantitative estimate of drug-likeness (QED) is 0.866. The largest absolute Gasteiger partial charge is 0.372 e. The van der Waals surface area contributed by atoms with E-state index < -0.39 is 5.60 Å². The molecule has 2 aromatic heterocycles. The van der Waals surface area contributed by atoms with E-state index in [2.05, 4.69) is 4.98 Å². The van der Waals surface area contributed by atoms with E-state index in [0.717, 1.165) is 30.7 Å². The Labute approximate surface area is 134 Å². The minimum Gasteiger partial charge on any atom is -0.372 e. The van der Waals surface area contributed by atoms with Crippen LogP contribution in [0.3, 0.4) is 0 Å². The first kappa shape index (κ1) is 13.5. The number of hydrogen-bond acceptors (Lipinski definition) is 4. The average Bonchev–Trinajstić information content (AvgIpc) is 3.21. The zero-order chi connectivity index (χ0) is 15.4. The molecule has 1 unspecified atom stereocenters. The number of nitrogens with zero attached hydrogens (tertiary/aromatic N) is 3. The fourth-order valence-corrected chi connectivity index (χ4v) is 4.06. The maximum Gasteiger partial charge on any atom is 0.257 e. The number of aromatic nitrogens is 2. The van der Waals surface area contributed by atoms with Crippen LogP contribution < -0.4 is 0 Å². The van der Waals surface area contributed by atoms with E-state index >= 15 is 0 Å². The summed E-state index contributed by atoms with van der Waals surface area (Å²) in [4.78, 5) is 18.7. The van der Waals surface area contributed by atoms with Crippen molar-refractivity contribution in [2.45, 2.75) is 50.2 Å². The summed E-state index contributed by atoms with van der Waals surface area (Å²) in [6.07, 6.45) is 7.23. The van der Waals surface area contributed by atoms with Crippen molar-refractivity contribution in [2.24, 2.45) is 0 Å². The molecule has 120 valence electrons. The summed E-state index contributed by atoms with van der Waals surface area (Å²) >= 11 is 0. The smallest absolute Gasteiger partial charge is 0.257 e. The third-order valence-electron chi connectivity index (χ3n) is 5.30. The van der Waals surface area contributed by atoms with E-state index in [1.165, 1.54) is 0 Å². The van der Waals surface area contributed by atoms with Crippen molar-refractivity contribution in [3.8, 4) is 0 Å². The molecule has 2 aliphatic heterocycles. The van der Waals surface area contributed by atoms with Gasteiger partial charge in [0.25, 0.3) is 5.91 Å². The summed E-state index contributed by atoms with van der Waals surface area (Å²) in [6, 6.07) is 6.00. The van der Waals surface area contributed by atoms with Crippen LogP contribution >= 0.6 is 0 Å². The van der Waals surface area contributed by atoms with Gasteiger partial charge in [-0.15, -0.1) is 0 Å². The first-order chi connectivity index (χ1) is 11.3. The Bertz CT molecular complexity index is 765. The summed E-state index contributed by atoms with van der Waals surface area (Å²) in [6.45, 7) is 1.37. The van der Waals surface area contributed by atoms with Crippen LogP contribution in [0.4, 0.5) is 0 Å². The monoisotopic (exact) mass is 313 g/mol. The van der Waals surface area contributed by atoms with Crippen LogP contribution in [0, 0.1) is 0 Å². The molecule has 2 saturated heterocycles. The molecule has 6 heteroatoms. The SMILES string of the molecule is O=C1N2CCCC2OC12CC(OCc1cccc3nccn13)C2. The van der Waals surface area contributed by atoms with E-state index in [9.17, 15) is 4.79 Å². The van der Waals surface area contributed by atoms with Crippen LogP contribution in [0.25, 0.3) is 5.65 Å². The number of rotatable bonds is 3. The van der Waals surface area contributed by atoms with Crippen molar-refractivity contribution in [1.82, 2.24) is 14.3 Å². The van der Waals surface area contributed by atoms with Gasteiger partial charge in [0, 0.05) is 37.5 Å². The highest BCUT2D eigenvalue weighted by atomic mass is 16.6. The normalized spacial score (nSPS) is 32.7. The van der Waals surface area contributed by atoms with Gasteiger partial charge in [-0.2, -0.15) is 0 Å². The number of fused-ring (bicyclic) bond motifs is 2. The van der Waals surface area contributed by atoms with Crippen LogP contribution in [-0.4, -0.2) is 44.7 Å². The van der Waals surface area contributed by atoms with Crippen molar-refractivity contribution < 1.29 is 14.3 Å². The molecule has 1 aliphatic carbocycles. The van der Waals surface area contributed by atoms with E-state index in [1.807, 2.05) is 33.7 Å². The van der Waals surface area contributed by atoms with Gasteiger partial charge in [0.2, 0.25) is 0 Å². The molecule has 5 rings (SSSR count). The lowest BCUT2D eigenvalue weighted by molar-refractivity contribution is -0.177.